The first-order valence-electron chi connectivity index (χ1n) is 14.1. The molecule has 2 aromatic rings. The third-order valence-electron chi connectivity index (χ3n) is 5.88. The molecule has 0 fully saturated rings. The maximum absolute atomic E-state index is 13.0. The van der Waals surface area contributed by atoms with Gasteiger partial charge < -0.3 is 23.7 Å². The summed E-state index contributed by atoms with van der Waals surface area (Å²) in [5.74, 6) is 0.616. The second-order valence-electron chi connectivity index (χ2n) is 13.4. The minimum absolute atomic E-state index is 0.130. The van der Waals surface area contributed by atoms with Crippen LogP contribution in [0.4, 0.5) is 0 Å². The number of benzene rings is 2. The summed E-state index contributed by atoms with van der Waals surface area (Å²) in [6.07, 6.45) is 3.08. The van der Waals surface area contributed by atoms with Gasteiger partial charge in [-0.2, -0.15) is 0 Å². The van der Waals surface area contributed by atoms with E-state index in [1.165, 1.54) is 6.08 Å². The van der Waals surface area contributed by atoms with E-state index in [9.17, 15) is 14.4 Å². The number of ether oxygens (including phenoxy) is 5. The van der Waals surface area contributed by atoms with Crippen molar-refractivity contribution in [3.8, 4) is 17.2 Å². The molecule has 0 aromatic heterocycles. The van der Waals surface area contributed by atoms with E-state index in [2.05, 4.69) is 0 Å². The van der Waals surface area contributed by atoms with Crippen molar-refractivity contribution in [1.82, 2.24) is 0 Å². The maximum atomic E-state index is 13.0. The molecular formula is C34H46O8. The number of carbonyl (C=O) groups is 3. The van der Waals surface area contributed by atoms with E-state index in [1.807, 2.05) is 40.7 Å². The Morgan fingerprint density at radius 1 is 0.738 bits per heavy atom. The van der Waals surface area contributed by atoms with Crippen molar-refractivity contribution >= 4 is 23.8 Å². The van der Waals surface area contributed by atoms with Crippen LogP contribution in [0.2, 0.25) is 0 Å². The second kappa shape index (κ2) is 13.9. The van der Waals surface area contributed by atoms with Gasteiger partial charge in [0.2, 0.25) is 13.6 Å². The fraction of sp³-hybridized carbons (Fsp3) is 0.500. The largest absolute Gasteiger partial charge is 0.490 e. The van der Waals surface area contributed by atoms with Crippen LogP contribution in [0.25, 0.3) is 6.08 Å². The molecule has 0 amide bonds. The van der Waals surface area contributed by atoms with Gasteiger partial charge in [0.05, 0.1) is 16.9 Å². The first-order valence-corrected chi connectivity index (χ1v) is 14.1. The summed E-state index contributed by atoms with van der Waals surface area (Å²) in [6, 6.07) is 10.3. The van der Waals surface area contributed by atoms with Crippen LogP contribution in [0.5, 0.6) is 17.2 Å². The molecule has 230 valence electrons. The van der Waals surface area contributed by atoms with E-state index in [0.717, 1.165) is 5.56 Å². The molecule has 8 heteroatoms. The normalized spacial score (nSPS) is 12.3. The highest BCUT2D eigenvalue weighted by Crippen LogP contribution is 2.38. The van der Waals surface area contributed by atoms with Gasteiger partial charge in [0.1, 0.15) is 17.2 Å². The lowest BCUT2D eigenvalue weighted by Crippen LogP contribution is -2.25. The summed E-state index contributed by atoms with van der Waals surface area (Å²) < 4.78 is 27.9. The highest BCUT2D eigenvalue weighted by Gasteiger charge is 2.26. The topological polar surface area (TPSA) is 97.4 Å². The van der Waals surface area contributed by atoms with Gasteiger partial charge in [0.25, 0.3) is 0 Å². The van der Waals surface area contributed by atoms with E-state index < -0.39 is 10.8 Å². The first kappa shape index (κ1) is 34.4. The molecule has 0 saturated carbocycles. The Hall–Kier alpha value is -3.81. The van der Waals surface area contributed by atoms with E-state index >= 15 is 0 Å². The molecule has 0 saturated heterocycles. The Labute approximate surface area is 250 Å². The van der Waals surface area contributed by atoms with E-state index in [0.29, 0.717) is 28.4 Å². The zero-order valence-electron chi connectivity index (χ0n) is 26.9. The lowest BCUT2D eigenvalue weighted by Gasteiger charge is -2.25. The van der Waals surface area contributed by atoms with Crippen molar-refractivity contribution in [2.75, 3.05) is 13.6 Å². The Bertz CT molecular complexity index is 1270. The number of esters is 2. The van der Waals surface area contributed by atoms with Crippen LogP contribution in [0.3, 0.4) is 0 Å². The fourth-order valence-electron chi connectivity index (χ4n) is 3.48. The van der Waals surface area contributed by atoms with Crippen LogP contribution in [0, 0.1) is 10.8 Å². The Balaban J connectivity index is 2.24. The quantitative estimate of drug-likeness (QED) is 0.116. The average molecular weight is 583 g/mol. The zero-order valence-corrected chi connectivity index (χ0v) is 26.9. The third-order valence-corrected chi connectivity index (χ3v) is 5.88. The van der Waals surface area contributed by atoms with Crippen LogP contribution in [0.15, 0.2) is 42.5 Å². The van der Waals surface area contributed by atoms with Crippen molar-refractivity contribution < 1.29 is 38.1 Å². The van der Waals surface area contributed by atoms with Gasteiger partial charge >= 0.3 is 11.9 Å². The molecule has 0 N–H and O–H groups in total. The molecule has 0 heterocycles. The van der Waals surface area contributed by atoms with E-state index in [-0.39, 0.29) is 42.8 Å². The molecular weight excluding hydrogens is 536 g/mol. The number of hydrogen-bond acceptors (Lipinski definition) is 8. The monoisotopic (exact) mass is 582 g/mol. The predicted octanol–water partition coefficient (Wildman–Crippen LogP) is 7.52. The van der Waals surface area contributed by atoms with E-state index in [4.69, 9.17) is 23.7 Å². The van der Waals surface area contributed by atoms with Gasteiger partial charge in [-0.25, -0.2) is 0 Å². The van der Waals surface area contributed by atoms with Crippen molar-refractivity contribution in [3.05, 3.63) is 59.2 Å². The fourth-order valence-corrected chi connectivity index (χ4v) is 3.48. The summed E-state index contributed by atoms with van der Waals surface area (Å²) in [7, 11) is 0. The van der Waals surface area contributed by atoms with Gasteiger partial charge in [0.15, 0.2) is 5.78 Å². The number of hydrogen-bond donors (Lipinski definition) is 0. The van der Waals surface area contributed by atoms with Crippen LogP contribution in [-0.2, 0) is 24.5 Å². The SMILES string of the molecule is CC(C)Oc1cc(OCOC(=O)C(C)(C)C)c(C(C)(C)C)cc1C=CC(=O)c1ccc(OCOC(=O)C(C)(C)C)cc1. The lowest BCUT2D eigenvalue weighted by molar-refractivity contribution is -0.160. The van der Waals surface area contributed by atoms with E-state index in [1.54, 1.807) is 78.0 Å². The second-order valence-corrected chi connectivity index (χ2v) is 13.4. The number of carbonyl (C=O) groups excluding carboxylic acids is 3. The van der Waals surface area contributed by atoms with Crippen molar-refractivity contribution in [2.45, 2.75) is 87.7 Å². The van der Waals surface area contributed by atoms with Crippen LogP contribution in [0.1, 0.15) is 97.6 Å². The smallest absolute Gasteiger partial charge is 0.314 e. The summed E-state index contributed by atoms with van der Waals surface area (Å²) in [4.78, 5) is 37.1. The lowest BCUT2D eigenvalue weighted by atomic mass is 9.85. The summed E-state index contributed by atoms with van der Waals surface area (Å²) in [5, 5.41) is 0. The van der Waals surface area contributed by atoms with Crippen LogP contribution < -0.4 is 14.2 Å². The third kappa shape index (κ3) is 10.5. The molecule has 0 aliphatic rings. The number of ketones is 1. The molecule has 0 aliphatic carbocycles. The zero-order chi connectivity index (χ0) is 31.9. The minimum Gasteiger partial charge on any atom is -0.490 e. The number of rotatable bonds is 11. The molecule has 0 radical (unpaired) electrons. The summed E-state index contributed by atoms with van der Waals surface area (Å²) >= 11 is 0. The Morgan fingerprint density at radius 2 is 1.26 bits per heavy atom. The molecule has 0 aliphatic heterocycles. The average Bonchev–Trinajstić information content (AvgIpc) is 2.86. The molecule has 42 heavy (non-hydrogen) atoms. The Morgan fingerprint density at radius 3 is 1.74 bits per heavy atom. The van der Waals surface area contributed by atoms with Gasteiger partial charge in [0, 0.05) is 22.8 Å². The molecule has 0 unspecified atom stereocenters. The van der Waals surface area contributed by atoms with Gasteiger partial charge in [-0.1, -0.05) is 20.8 Å². The summed E-state index contributed by atoms with van der Waals surface area (Å²) in [5.41, 5.74) is 0.468. The number of allylic oxidation sites excluding steroid dienone is 1. The first-order chi connectivity index (χ1) is 19.3. The van der Waals surface area contributed by atoms with Gasteiger partial charge in [-0.15, -0.1) is 0 Å². The molecule has 8 nitrogen and oxygen atoms in total. The Kier molecular flexibility index (Phi) is 11.4. The molecule has 2 aromatic carbocycles. The molecule has 0 bridgehead atoms. The maximum Gasteiger partial charge on any atom is 0.314 e. The van der Waals surface area contributed by atoms with Gasteiger partial charge in [-0.3, -0.25) is 14.4 Å². The summed E-state index contributed by atoms with van der Waals surface area (Å²) in [6.45, 7) is 20.2. The van der Waals surface area contributed by atoms with Crippen molar-refractivity contribution in [2.24, 2.45) is 10.8 Å². The van der Waals surface area contributed by atoms with Gasteiger partial charge in [-0.05, 0) is 103 Å². The van der Waals surface area contributed by atoms with Crippen molar-refractivity contribution in [3.63, 3.8) is 0 Å². The molecule has 2 rings (SSSR count). The predicted molar refractivity (Wildman–Crippen MR) is 163 cm³/mol. The van der Waals surface area contributed by atoms with Crippen LogP contribution >= 0.6 is 0 Å². The highest BCUT2D eigenvalue weighted by atomic mass is 16.7. The highest BCUT2D eigenvalue weighted by molar-refractivity contribution is 6.07. The van der Waals surface area contributed by atoms with Crippen LogP contribution in [-0.4, -0.2) is 37.4 Å². The minimum atomic E-state index is -0.641. The van der Waals surface area contributed by atoms with Crippen molar-refractivity contribution in [1.29, 1.82) is 0 Å². The molecule has 0 spiro atoms. The standard InChI is InChI=1S/C34H46O8/c1-22(2)42-28-19-29(39-21-41-31(37)34(9,10)11)26(32(3,4)5)18-24(28)14-17-27(35)23-12-15-25(16-13-23)38-20-40-30(36)33(6,7)8/h12-19,22H,20-21H2,1-11H3. The molecule has 0 atom stereocenters.